The first-order chi connectivity index (χ1) is 9.56. The molecule has 1 N–H and O–H groups in total. The van der Waals surface area contributed by atoms with Crippen LogP contribution in [0.25, 0.3) is 0 Å². The molecule has 1 aromatic rings. The van der Waals surface area contributed by atoms with E-state index in [2.05, 4.69) is 37.1 Å². The third-order valence-corrected chi connectivity index (χ3v) is 5.27. The van der Waals surface area contributed by atoms with E-state index in [4.69, 9.17) is 23.2 Å². The Bertz CT molecular complexity index is 450. The van der Waals surface area contributed by atoms with Gasteiger partial charge in [0.25, 0.3) is 0 Å². The molecule has 3 unspecified atom stereocenters. The zero-order chi connectivity index (χ0) is 14.7. The van der Waals surface area contributed by atoms with Crippen LogP contribution in [-0.2, 0) is 0 Å². The Morgan fingerprint density at radius 3 is 2.75 bits per heavy atom. The van der Waals surface area contributed by atoms with Crippen molar-refractivity contribution in [2.75, 3.05) is 18.0 Å². The highest BCUT2D eigenvalue weighted by Crippen LogP contribution is 2.37. The van der Waals surface area contributed by atoms with E-state index in [9.17, 15) is 0 Å². The Balaban J connectivity index is 2.14. The summed E-state index contributed by atoms with van der Waals surface area (Å²) in [7, 11) is 0. The summed E-state index contributed by atoms with van der Waals surface area (Å²) in [5, 5.41) is 4.97. The van der Waals surface area contributed by atoms with Crippen LogP contribution < -0.4 is 10.2 Å². The second-order valence-corrected chi connectivity index (χ2v) is 6.50. The average Bonchev–Trinajstić information content (AvgIpc) is 2.44. The molecule has 4 heteroatoms. The highest BCUT2D eigenvalue weighted by Gasteiger charge is 2.33. The lowest BCUT2D eigenvalue weighted by atomic mass is 9.86. The number of rotatable bonds is 4. The minimum atomic E-state index is 0.453. The van der Waals surface area contributed by atoms with Gasteiger partial charge in [-0.2, -0.15) is 0 Å². The maximum Gasteiger partial charge on any atom is 0.0825 e. The summed E-state index contributed by atoms with van der Waals surface area (Å²) in [6, 6.07) is 6.93. The van der Waals surface area contributed by atoms with Crippen LogP contribution in [0.3, 0.4) is 0 Å². The predicted octanol–water partition coefficient (Wildman–Crippen LogP) is 4.60. The Morgan fingerprint density at radius 2 is 2.05 bits per heavy atom. The lowest BCUT2D eigenvalue weighted by molar-refractivity contribution is 0.271. The van der Waals surface area contributed by atoms with Crippen LogP contribution in [0, 0.1) is 5.92 Å². The largest absolute Gasteiger partial charge is 0.367 e. The fraction of sp³-hybridized carbons (Fsp3) is 0.625. The first-order valence-corrected chi connectivity index (χ1v) is 8.25. The molecule has 0 aliphatic carbocycles. The standard InChI is InChI=1S/C16H24Cl2N2/c1-4-9-19-14-8-10-20(12(3)11(14)2)15-7-5-6-13(17)16(15)18/h5-7,11-12,14,19H,4,8-10H2,1-3H3. The van der Waals surface area contributed by atoms with E-state index in [1.54, 1.807) is 0 Å². The van der Waals surface area contributed by atoms with E-state index in [0.29, 0.717) is 28.0 Å². The first-order valence-electron chi connectivity index (χ1n) is 7.50. The van der Waals surface area contributed by atoms with Crippen LogP contribution in [0.4, 0.5) is 5.69 Å². The SMILES string of the molecule is CCCNC1CCN(c2cccc(Cl)c2Cl)C(C)C1C. The Morgan fingerprint density at radius 1 is 1.30 bits per heavy atom. The van der Waals surface area contributed by atoms with Gasteiger partial charge in [0.05, 0.1) is 15.7 Å². The molecule has 1 aliphatic rings. The molecular formula is C16H24Cl2N2. The van der Waals surface area contributed by atoms with Gasteiger partial charge in [0.1, 0.15) is 0 Å². The number of nitrogens with one attached hydrogen (secondary N) is 1. The molecule has 0 aromatic heterocycles. The van der Waals surface area contributed by atoms with Gasteiger partial charge in [0, 0.05) is 18.6 Å². The summed E-state index contributed by atoms with van der Waals surface area (Å²) >= 11 is 12.5. The van der Waals surface area contributed by atoms with Crippen molar-refractivity contribution in [2.24, 2.45) is 5.92 Å². The van der Waals surface area contributed by atoms with E-state index in [-0.39, 0.29) is 0 Å². The van der Waals surface area contributed by atoms with Gasteiger partial charge in [-0.1, -0.05) is 43.1 Å². The quantitative estimate of drug-likeness (QED) is 0.874. The molecule has 0 amide bonds. The molecule has 1 aromatic carbocycles. The summed E-state index contributed by atoms with van der Waals surface area (Å²) in [4.78, 5) is 2.39. The van der Waals surface area contributed by atoms with Crippen molar-refractivity contribution in [2.45, 2.75) is 45.7 Å². The lowest BCUT2D eigenvalue weighted by Crippen LogP contribution is -2.53. The lowest BCUT2D eigenvalue weighted by Gasteiger charge is -2.44. The van der Waals surface area contributed by atoms with Crippen LogP contribution in [0.2, 0.25) is 10.0 Å². The molecule has 1 heterocycles. The Kier molecular flexibility index (Phi) is 5.59. The average molecular weight is 315 g/mol. The molecule has 1 fully saturated rings. The monoisotopic (exact) mass is 314 g/mol. The van der Waals surface area contributed by atoms with Crippen molar-refractivity contribution in [1.29, 1.82) is 0 Å². The van der Waals surface area contributed by atoms with Gasteiger partial charge in [-0.15, -0.1) is 0 Å². The van der Waals surface area contributed by atoms with Crippen molar-refractivity contribution < 1.29 is 0 Å². The second-order valence-electron chi connectivity index (χ2n) is 5.72. The third-order valence-electron chi connectivity index (χ3n) is 4.47. The van der Waals surface area contributed by atoms with Gasteiger partial charge >= 0.3 is 0 Å². The van der Waals surface area contributed by atoms with Gasteiger partial charge in [-0.25, -0.2) is 0 Å². The van der Waals surface area contributed by atoms with Crippen LogP contribution in [0.15, 0.2) is 18.2 Å². The number of hydrogen-bond acceptors (Lipinski definition) is 2. The van der Waals surface area contributed by atoms with Gasteiger partial charge in [0.15, 0.2) is 0 Å². The fourth-order valence-corrected chi connectivity index (χ4v) is 3.44. The van der Waals surface area contributed by atoms with Crippen molar-refractivity contribution in [1.82, 2.24) is 5.32 Å². The fourth-order valence-electron chi connectivity index (χ4n) is 3.04. The third kappa shape index (κ3) is 3.24. The molecule has 1 aliphatic heterocycles. The van der Waals surface area contributed by atoms with Crippen molar-refractivity contribution >= 4 is 28.9 Å². The van der Waals surface area contributed by atoms with E-state index in [1.807, 2.05) is 12.1 Å². The van der Waals surface area contributed by atoms with Gasteiger partial charge in [0.2, 0.25) is 0 Å². The van der Waals surface area contributed by atoms with Gasteiger partial charge in [-0.3, -0.25) is 0 Å². The summed E-state index contributed by atoms with van der Waals surface area (Å²) < 4.78 is 0. The normalized spacial score (nSPS) is 26.9. The Hall–Kier alpha value is -0.440. The topological polar surface area (TPSA) is 15.3 Å². The van der Waals surface area contributed by atoms with Crippen molar-refractivity contribution in [3.63, 3.8) is 0 Å². The summed E-state index contributed by atoms with van der Waals surface area (Å²) in [5.74, 6) is 0.588. The number of nitrogens with zero attached hydrogens (tertiary/aromatic N) is 1. The van der Waals surface area contributed by atoms with E-state index in [1.165, 1.54) is 6.42 Å². The number of piperidine rings is 1. The maximum absolute atomic E-state index is 6.37. The number of halogens is 2. The summed E-state index contributed by atoms with van der Waals surface area (Å²) in [6.07, 6.45) is 2.33. The molecule has 112 valence electrons. The minimum Gasteiger partial charge on any atom is -0.367 e. The smallest absolute Gasteiger partial charge is 0.0825 e. The van der Waals surface area contributed by atoms with Crippen molar-refractivity contribution in [3.8, 4) is 0 Å². The van der Waals surface area contributed by atoms with Crippen LogP contribution in [0.1, 0.15) is 33.6 Å². The molecule has 3 atom stereocenters. The van der Waals surface area contributed by atoms with E-state index in [0.717, 1.165) is 25.2 Å². The van der Waals surface area contributed by atoms with Gasteiger partial charge < -0.3 is 10.2 Å². The molecule has 20 heavy (non-hydrogen) atoms. The highest BCUT2D eigenvalue weighted by molar-refractivity contribution is 6.43. The molecule has 0 spiro atoms. The van der Waals surface area contributed by atoms with Crippen LogP contribution in [0.5, 0.6) is 0 Å². The zero-order valence-corrected chi connectivity index (χ0v) is 14.0. The number of benzene rings is 1. The number of hydrogen-bond donors (Lipinski definition) is 1. The molecule has 1 saturated heterocycles. The van der Waals surface area contributed by atoms with Crippen molar-refractivity contribution in [3.05, 3.63) is 28.2 Å². The predicted molar refractivity (Wildman–Crippen MR) is 89.1 cm³/mol. The maximum atomic E-state index is 6.37. The Labute approximate surface area is 132 Å². The highest BCUT2D eigenvalue weighted by atomic mass is 35.5. The second kappa shape index (κ2) is 7.02. The van der Waals surface area contributed by atoms with Crippen LogP contribution in [-0.4, -0.2) is 25.2 Å². The van der Waals surface area contributed by atoms with Gasteiger partial charge in [-0.05, 0) is 44.4 Å². The molecule has 0 saturated carbocycles. The molecule has 2 rings (SSSR count). The minimum absolute atomic E-state index is 0.453. The van der Waals surface area contributed by atoms with Crippen LogP contribution >= 0.6 is 23.2 Å². The first kappa shape index (κ1) is 15.9. The number of anilines is 1. The zero-order valence-electron chi connectivity index (χ0n) is 12.5. The van der Waals surface area contributed by atoms with E-state index < -0.39 is 0 Å². The molecule has 0 bridgehead atoms. The van der Waals surface area contributed by atoms with E-state index >= 15 is 0 Å². The molecule has 2 nitrogen and oxygen atoms in total. The molecule has 0 radical (unpaired) electrons. The molecular weight excluding hydrogens is 291 g/mol. The summed E-state index contributed by atoms with van der Waals surface area (Å²) in [6.45, 7) is 8.93. The summed E-state index contributed by atoms with van der Waals surface area (Å²) in [5.41, 5.74) is 1.06.